The molecule has 0 radical (unpaired) electrons. The fourth-order valence-corrected chi connectivity index (χ4v) is 4.54. The number of hydrogen-bond acceptors (Lipinski definition) is 3. The van der Waals surface area contributed by atoms with E-state index >= 15 is 0 Å². The van der Waals surface area contributed by atoms with Gasteiger partial charge in [0.2, 0.25) is 5.91 Å². The molecule has 1 atom stereocenters. The highest BCUT2D eigenvalue weighted by atomic mass is 35.5. The van der Waals surface area contributed by atoms with Crippen molar-refractivity contribution < 1.29 is 13.6 Å². The molecule has 1 amide bonds. The van der Waals surface area contributed by atoms with Crippen molar-refractivity contribution in [3.8, 4) is 0 Å². The third kappa shape index (κ3) is 3.74. The Morgan fingerprint density at radius 2 is 1.83 bits per heavy atom. The third-order valence-corrected chi connectivity index (χ3v) is 6.12. The van der Waals surface area contributed by atoms with Crippen molar-refractivity contribution >= 4 is 22.5 Å². The van der Waals surface area contributed by atoms with E-state index in [4.69, 9.17) is 17.3 Å². The van der Waals surface area contributed by atoms with Crippen LogP contribution in [0, 0.1) is 11.6 Å². The SMILES string of the molecule is CN1CCC(N2C=C(Cl)c3ccc(C(N)=O)cc3C2c2ccc(F)cc2F)CC1. The van der Waals surface area contributed by atoms with E-state index in [-0.39, 0.29) is 6.04 Å². The zero-order chi connectivity index (χ0) is 20.7. The Morgan fingerprint density at radius 1 is 1.10 bits per heavy atom. The first kappa shape index (κ1) is 19.9. The summed E-state index contributed by atoms with van der Waals surface area (Å²) in [5.74, 6) is -1.83. The molecule has 1 saturated heterocycles. The molecule has 0 bridgehead atoms. The topological polar surface area (TPSA) is 49.6 Å². The Hall–Kier alpha value is -2.44. The van der Waals surface area contributed by atoms with Gasteiger partial charge in [-0.05, 0) is 56.7 Å². The van der Waals surface area contributed by atoms with Crippen LogP contribution in [-0.2, 0) is 0 Å². The minimum Gasteiger partial charge on any atom is -0.366 e. The van der Waals surface area contributed by atoms with E-state index in [2.05, 4.69) is 16.8 Å². The molecule has 2 aromatic rings. The minimum atomic E-state index is -0.632. The van der Waals surface area contributed by atoms with Crippen molar-refractivity contribution in [3.63, 3.8) is 0 Å². The summed E-state index contributed by atoms with van der Waals surface area (Å²) in [7, 11) is 2.07. The van der Waals surface area contributed by atoms with E-state index in [1.54, 1.807) is 18.2 Å². The molecular weight excluding hydrogens is 396 g/mol. The molecule has 2 N–H and O–H groups in total. The van der Waals surface area contributed by atoms with Crippen LogP contribution in [0.15, 0.2) is 42.6 Å². The molecular formula is C22H22ClF2N3O. The van der Waals surface area contributed by atoms with Gasteiger partial charge in [-0.25, -0.2) is 8.78 Å². The molecule has 152 valence electrons. The first-order valence-corrected chi connectivity index (χ1v) is 9.95. The van der Waals surface area contributed by atoms with Crippen molar-refractivity contribution in [1.29, 1.82) is 0 Å². The lowest BCUT2D eigenvalue weighted by molar-refractivity contribution is 0.1000. The summed E-state index contributed by atoms with van der Waals surface area (Å²) in [6.07, 6.45) is 3.62. The molecule has 1 unspecified atom stereocenters. The summed E-state index contributed by atoms with van der Waals surface area (Å²) < 4.78 is 28.5. The number of fused-ring (bicyclic) bond motifs is 1. The summed E-state index contributed by atoms with van der Waals surface area (Å²) in [6, 6.07) is 8.23. The maximum absolute atomic E-state index is 14.9. The van der Waals surface area contributed by atoms with Gasteiger partial charge in [0, 0.05) is 35.0 Å². The second-order valence-corrected chi connectivity index (χ2v) is 8.10. The molecule has 0 spiro atoms. The van der Waals surface area contributed by atoms with Crippen molar-refractivity contribution in [2.45, 2.75) is 24.9 Å². The molecule has 1 fully saturated rings. The Balaban J connectivity index is 1.87. The number of halogens is 3. The van der Waals surface area contributed by atoms with Crippen LogP contribution in [-0.4, -0.2) is 41.9 Å². The van der Waals surface area contributed by atoms with E-state index in [0.717, 1.165) is 37.6 Å². The molecule has 0 aromatic heterocycles. The van der Waals surface area contributed by atoms with Crippen molar-refractivity contribution in [3.05, 3.63) is 76.5 Å². The van der Waals surface area contributed by atoms with E-state index in [1.807, 2.05) is 6.20 Å². The molecule has 0 aliphatic carbocycles. The Bertz CT molecular complexity index is 986. The summed E-state index contributed by atoms with van der Waals surface area (Å²) in [5.41, 5.74) is 7.56. The van der Waals surface area contributed by atoms with Crippen LogP contribution >= 0.6 is 11.6 Å². The summed E-state index contributed by atoms with van der Waals surface area (Å²) in [5, 5.41) is 0.522. The lowest BCUT2D eigenvalue weighted by Gasteiger charge is -2.44. The smallest absolute Gasteiger partial charge is 0.248 e. The molecule has 2 aliphatic rings. The van der Waals surface area contributed by atoms with Gasteiger partial charge in [-0.15, -0.1) is 0 Å². The normalized spacial score (nSPS) is 20.3. The van der Waals surface area contributed by atoms with Crippen LogP contribution in [0.1, 0.15) is 45.9 Å². The third-order valence-electron chi connectivity index (χ3n) is 5.82. The van der Waals surface area contributed by atoms with E-state index in [1.165, 1.54) is 12.1 Å². The first-order valence-electron chi connectivity index (χ1n) is 9.57. The van der Waals surface area contributed by atoms with Gasteiger partial charge in [0.1, 0.15) is 11.6 Å². The van der Waals surface area contributed by atoms with Crippen molar-refractivity contribution in [1.82, 2.24) is 9.80 Å². The van der Waals surface area contributed by atoms with Crippen molar-refractivity contribution in [2.24, 2.45) is 5.73 Å². The Labute approximate surface area is 173 Å². The molecule has 4 nitrogen and oxygen atoms in total. The van der Waals surface area contributed by atoms with E-state index in [9.17, 15) is 13.6 Å². The molecule has 2 heterocycles. The lowest BCUT2D eigenvalue weighted by atomic mass is 9.86. The Kier molecular flexibility index (Phi) is 5.32. The van der Waals surface area contributed by atoms with Gasteiger partial charge in [-0.3, -0.25) is 4.79 Å². The number of carbonyl (C=O) groups excluding carboxylic acids is 1. The van der Waals surface area contributed by atoms with Crippen LogP contribution in [0.25, 0.3) is 5.03 Å². The summed E-state index contributed by atoms with van der Waals surface area (Å²) >= 11 is 6.58. The highest BCUT2D eigenvalue weighted by molar-refractivity contribution is 6.49. The van der Waals surface area contributed by atoms with Gasteiger partial charge >= 0.3 is 0 Å². The van der Waals surface area contributed by atoms with Crippen LogP contribution in [0.5, 0.6) is 0 Å². The van der Waals surface area contributed by atoms with Gasteiger partial charge in [0.05, 0.1) is 11.1 Å². The number of likely N-dealkylation sites (tertiary alicyclic amines) is 1. The average Bonchev–Trinajstić information content (AvgIpc) is 2.69. The maximum Gasteiger partial charge on any atom is 0.248 e. The monoisotopic (exact) mass is 417 g/mol. The van der Waals surface area contributed by atoms with Crippen LogP contribution in [0.2, 0.25) is 0 Å². The van der Waals surface area contributed by atoms with Gasteiger partial charge in [-0.2, -0.15) is 0 Å². The number of carbonyl (C=O) groups is 1. The second kappa shape index (κ2) is 7.76. The first-order chi connectivity index (χ1) is 13.8. The predicted molar refractivity (Wildman–Crippen MR) is 109 cm³/mol. The average molecular weight is 418 g/mol. The lowest BCUT2D eigenvalue weighted by Crippen LogP contribution is -2.44. The van der Waals surface area contributed by atoms with E-state index < -0.39 is 23.6 Å². The maximum atomic E-state index is 14.9. The van der Waals surface area contributed by atoms with Crippen LogP contribution in [0.4, 0.5) is 8.78 Å². The quantitative estimate of drug-likeness (QED) is 0.818. The number of rotatable bonds is 3. The molecule has 2 aromatic carbocycles. The standard InChI is InChI=1S/C22H22ClF2N3O/c1-27-8-6-15(7-9-27)28-12-19(23)16-4-2-13(22(26)29)10-18(16)21(28)17-5-3-14(24)11-20(17)25/h2-5,10-12,15,21H,6-9H2,1H3,(H2,26,29). The van der Waals surface area contributed by atoms with Gasteiger partial charge in [0.25, 0.3) is 0 Å². The summed E-state index contributed by atoms with van der Waals surface area (Å²) in [4.78, 5) is 16.1. The number of piperidine rings is 1. The molecule has 2 aliphatic heterocycles. The fraction of sp³-hybridized carbons (Fsp3) is 0.318. The zero-order valence-corrected chi connectivity index (χ0v) is 16.8. The molecule has 29 heavy (non-hydrogen) atoms. The van der Waals surface area contributed by atoms with Gasteiger partial charge < -0.3 is 15.5 Å². The minimum absolute atomic E-state index is 0.139. The second-order valence-electron chi connectivity index (χ2n) is 7.69. The zero-order valence-electron chi connectivity index (χ0n) is 16.0. The number of amides is 1. The highest BCUT2D eigenvalue weighted by Gasteiger charge is 2.35. The van der Waals surface area contributed by atoms with Crippen LogP contribution < -0.4 is 5.73 Å². The highest BCUT2D eigenvalue weighted by Crippen LogP contribution is 2.43. The Morgan fingerprint density at radius 3 is 2.48 bits per heavy atom. The van der Waals surface area contributed by atoms with E-state index in [0.29, 0.717) is 21.7 Å². The number of nitrogens with zero attached hydrogens (tertiary/aromatic N) is 2. The number of hydrogen-bond donors (Lipinski definition) is 1. The van der Waals surface area contributed by atoms with Gasteiger partial charge in [-0.1, -0.05) is 23.7 Å². The number of nitrogens with two attached hydrogens (primary N) is 1. The number of benzene rings is 2. The fourth-order valence-electron chi connectivity index (χ4n) is 4.26. The van der Waals surface area contributed by atoms with Crippen molar-refractivity contribution in [2.75, 3.05) is 20.1 Å². The van der Waals surface area contributed by atoms with Crippen LogP contribution in [0.3, 0.4) is 0 Å². The van der Waals surface area contributed by atoms with Gasteiger partial charge in [0.15, 0.2) is 0 Å². The predicted octanol–water partition coefficient (Wildman–Crippen LogP) is 4.10. The molecule has 4 rings (SSSR count). The number of primary amides is 1. The molecule has 7 heteroatoms. The largest absolute Gasteiger partial charge is 0.366 e. The molecule has 0 saturated carbocycles. The summed E-state index contributed by atoms with van der Waals surface area (Å²) in [6.45, 7) is 1.83.